The van der Waals surface area contributed by atoms with Gasteiger partial charge in [-0.3, -0.25) is 10.8 Å². The summed E-state index contributed by atoms with van der Waals surface area (Å²) in [6.45, 7) is 0. The second-order valence-electron chi connectivity index (χ2n) is 6.12. The molecule has 11 heteroatoms. The highest BCUT2D eigenvalue weighted by Gasteiger charge is 2.40. The highest BCUT2D eigenvalue weighted by atomic mass is 35.5. The van der Waals surface area contributed by atoms with E-state index in [0.717, 1.165) is 6.42 Å². The van der Waals surface area contributed by atoms with Gasteiger partial charge < -0.3 is 5.73 Å². The van der Waals surface area contributed by atoms with E-state index in [9.17, 15) is 13.2 Å². The SMILES string of the molecule is N#C/C(=N\Nc1cccc(Cl)c1-n1nc(C(F)(F)F)c2c1CCCC2)C(=N)N. The van der Waals surface area contributed by atoms with E-state index in [1.54, 1.807) is 12.1 Å². The van der Waals surface area contributed by atoms with Crippen LogP contribution in [0, 0.1) is 16.7 Å². The number of nitrogens with zero attached hydrogens (tertiary/aromatic N) is 4. The Hall–Kier alpha value is -3.06. The number of amidine groups is 1. The van der Waals surface area contributed by atoms with Gasteiger partial charge >= 0.3 is 6.18 Å². The molecule has 146 valence electrons. The number of fused-ring (bicyclic) bond motifs is 1. The van der Waals surface area contributed by atoms with E-state index < -0.39 is 17.7 Å². The van der Waals surface area contributed by atoms with Gasteiger partial charge in [0.1, 0.15) is 11.8 Å². The van der Waals surface area contributed by atoms with Crippen molar-refractivity contribution in [2.75, 3.05) is 5.43 Å². The van der Waals surface area contributed by atoms with Crippen LogP contribution in [0.2, 0.25) is 5.02 Å². The van der Waals surface area contributed by atoms with E-state index in [0.29, 0.717) is 25.0 Å². The van der Waals surface area contributed by atoms with Crippen molar-refractivity contribution >= 4 is 28.8 Å². The zero-order chi connectivity index (χ0) is 20.5. The molecule has 1 aliphatic rings. The molecule has 0 atom stereocenters. The third-order valence-corrected chi connectivity index (χ3v) is 4.60. The monoisotopic (exact) mass is 409 g/mol. The molecule has 0 saturated carbocycles. The van der Waals surface area contributed by atoms with Gasteiger partial charge in [0.15, 0.2) is 11.5 Å². The van der Waals surface area contributed by atoms with Crippen LogP contribution in [0.4, 0.5) is 18.9 Å². The fourth-order valence-electron chi connectivity index (χ4n) is 3.09. The maximum atomic E-state index is 13.5. The lowest BCUT2D eigenvalue weighted by atomic mass is 9.95. The van der Waals surface area contributed by atoms with Crippen LogP contribution >= 0.6 is 11.6 Å². The molecule has 0 fully saturated rings. The second kappa shape index (κ2) is 7.52. The summed E-state index contributed by atoms with van der Waals surface area (Å²) in [5.74, 6) is -0.547. The Kier molecular flexibility index (Phi) is 5.29. The molecule has 4 N–H and O–H groups in total. The van der Waals surface area contributed by atoms with Gasteiger partial charge in [-0.2, -0.15) is 28.6 Å². The Bertz CT molecular complexity index is 1000. The lowest BCUT2D eigenvalue weighted by Crippen LogP contribution is -2.22. The molecular formula is C17H15ClF3N7. The molecule has 28 heavy (non-hydrogen) atoms. The molecule has 1 heterocycles. The number of hydrogen-bond donors (Lipinski definition) is 3. The minimum Gasteiger partial charge on any atom is -0.382 e. The van der Waals surface area contributed by atoms with E-state index in [-0.39, 0.29) is 27.7 Å². The summed E-state index contributed by atoms with van der Waals surface area (Å²) in [5.41, 5.74) is 7.56. The van der Waals surface area contributed by atoms with Gasteiger partial charge in [-0.05, 0) is 37.8 Å². The van der Waals surface area contributed by atoms with Crippen LogP contribution < -0.4 is 11.2 Å². The number of anilines is 1. The van der Waals surface area contributed by atoms with Gasteiger partial charge in [-0.15, -0.1) is 0 Å². The van der Waals surface area contributed by atoms with Crippen LogP contribution in [0.25, 0.3) is 5.69 Å². The van der Waals surface area contributed by atoms with Crippen molar-refractivity contribution in [3.05, 3.63) is 40.2 Å². The number of nitrogens with two attached hydrogens (primary N) is 1. The van der Waals surface area contributed by atoms with Gasteiger partial charge in [0.2, 0.25) is 5.71 Å². The zero-order valence-corrected chi connectivity index (χ0v) is 15.2. The van der Waals surface area contributed by atoms with Crippen molar-refractivity contribution in [1.29, 1.82) is 10.7 Å². The van der Waals surface area contributed by atoms with Crippen molar-refractivity contribution in [1.82, 2.24) is 9.78 Å². The average Bonchev–Trinajstić information content (AvgIpc) is 3.02. The predicted molar refractivity (Wildman–Crippen MR) is 98.8 cm³/mol. The first-order valence-electron chi connectivity index (χ1n) is 8.29. The number of rotatable bonds is 4. The number of para-hydroxylation sites is 1. The van der Waals surface area contributed by atoms with E-state index >= 15 is 0 Å². The molecule has 0 radical (unpaired) electrons. The lowest BCUT2D eigenvalue weighted by molar-refractivity contribution is -0.142. The highest BCUT2D eigenvalue weighted by molar-refractivity contribution is 6.45. The fraction of sp³-hybridized carbons (Fsp3) is 0.294. The summed E-state index contributed by atoms with van der Waals surface area (Å²) in [6, 6.07) is 6.28. The van der Waals surface area contributed by atoms with Crippen molar-refractivity contribution in [2.45, 2.75) is 31.9 Å². The zero-order valence-electron chi connectivity index (χ0n) is 14.4. The smallest absolute Gasteiger partial charge is 0.382 e. The van der Waals surface area contributed by atoms with Crippen LogP contribution in [0.15, 0.2) is 23.3 Å². The largest absolute Gasteiger partial charge is 0.435 e. The van der Waals surface area contributed by atoms with E-state index in [2.05, 4.69) is 15.6 Å². The summed E-state index contributed by atoms with van der Waals surface area (Å²) >= 11 is 6.28. The maximum absolute atomic E-state index is 13.5. The number of hydrazone groups is 1. The Labute approximate surface area is 163 Å². The molecule has 0 unspecified atom stereocenters. The molecule has 1 aliphatic carbocycles. The molecule has 1 aromatic heterocycles. The highest BCUT2D eigenvalue weighted by Crippen LogP contribution is 2.39. The van der Waals surface area contributed by atoms with Gasteiger partial charge in [-0.25, -0.2) is 4.68 Å². The van der Waals surface area contributed by atoms with Crippen molar-refractivity contribution in [3.63, 3.8) is 0 Å². The molecule has 0 bridgehead atoms. The predicted octanol–water partition coefficient (Wildman–Crippen LogP) is 3.65. The fourth-order valence-corrected chi connectivity index (χ4v) is 3.35. The van der Waals surface area contributed by atoms with Crippen LogP contribution in [0.3, 0.4) is 0 Å². The minimum atomic E-state index is -4.58. The summed E-state index contributed by atoms with van der Waals surface area (Å²) < 4.78 is 41.6. The molecule has 0 aliphatic heterocycles. The molecule has 0 amide bonds. The first-order chi connectivity index (χ1) is 13.2. The Morgan fingerprint density at radius 2 is 2.07 bits per heavy atom. The van der Waals surface area contributed by atoms with Gasteiger partial charge in [0, 0.05) is 11.3 Å². The van der Waals surface area contributed by atoms with Crippen molar-refractivity contribution in [3.8, 4) is 11.8 Å². The summed E-state index contributed by atoms with van der Waals surface area (Å²) in [7, 11) is 0. The third-order valence-electron chi connectivity index (χ3n) is 4.30. The first kappa shape index (κ1) is 19.7. The van der Waals surface area contributed by atoms with E-state index in [1.165, 1.54) is 16.8 Å². The quantitative estimate of drug-likeness (QED) is 0.406. The Balaban J connectivity index is 2.17. The topological polar surface area (TPSA) is 116 Å². The molecule has 2 aromatic rings. The van der Waals surface area contributed by atoms with Gasteiger partial charge in [0.05, 0.1) is 10.7 Å². The Morgan fingerprint density at radius 1 is 1.36 bits per heavy atom. The van der Waals surface area contributed by atoms with Crippen molar-refractivity contribution in [2.24, 2.45) is 10.8 Å². The number of aromatic nitrogens is 2. The third kappa shape index (κ3) is 3.66. The normalized spacial score (nSPS) is 14.3. The minimum absolute atomic E-state index is 0.158. The average molecular weight is 410 g/mol. The summed E-state index contributed by atoms with van der Waals surface area (Å²) in [5, 5.41) is 24.0. The standard InChI is InChI=1S/C17H15ClF3N7/c18-10-5-3-6-11(25-26-12(8-22)16(23)24)14(10)28-13-7-2-1-4-9(13)15(27-28)17(19,20)21/h3,5-6,25H,1-2,4,7H2,(H3,23,24)/b26-12+. The van der Waals surface area contributed by atoms with E-state index in [1.807, 2.05) is 0 Å². The maximum Gasteiger partial charge on any atom is 0.435 e. The number of alkyl halides is 3. The van der Waals surface area contributed by atoms with E-state index in [4.69, 9.17) is 28.0 Å². The molecular weight excluding hydrogens is 395 g/mol. The molecule has 3 rings (SSSR count). The van der Waals surface area contributed by atoms with Crippen LogP contribution in [-0.4, -0.2) is 21.3 Å². The molecule has 0 saturated heterocycles. The number of halogens is 4. The second-order valence-corrected chi connectivity index (χ2v) is 6.53. The van der Waals surface area contributed by atoms with Crippen molar-refractivity contribution < 1.29 is 13.2 Å². The number of nitriles is 1. The number of benzene rings is 1. The van der Waals surface area contributed by atoms with Gasteiger partial charge in [-0.1, -0.05) is 17.7 Å². The van der Waals surface area contributed by atoms with Crippen LogP contribution in [-0.2, 0) is 19.0 Å². The molecule has 7 nitrogen and oxygen atoms in total. The molecule has 0 spiro atoms. The van der Waals surface area contributed by atoms with Crippen LogP contribution in [0.5, 0.6) is 0 Å². The number of hydrogen-bond acceptors (Lipinski definition) is 5. The van der Waals surface area contributed by atoms with Gasteiger partial charge in [0.25, 0.3) is 0 Å². The lowest BCUT2D eigenvalue weighted by Gasteiger charge is -2.17. The Morgan fingerprint density at radius 3 is 2.71 bits per heavy atom. The summed E-state index contributed by atoms with van der Waals surface area (Å²) in [4.78, 5) is 0. The first-order valence-corrected chi connectivity index (χ1v) is 8.67. The number of nitrogens with one attached hydrogen (secondary N) is 2. The van der Waals surface area contributed by atoms with Crippen LogP contribution in [0.1, 0.15) is 29.8 Å². The molecule has 1 aromatic carbocycles. The summed E-state index contributed by atoms with van der Waals surface area (Å²) in [6.07, 6.45) is -2.46.